The molecule has 2 aliphatic heterocycles. The van der Waals surface area contributed by atoms with Gasteiger partial charge in [-0.3, -0.25) is 0 Å². The maximum Gasteiger partial charge on any atom is 0.0245 e. The van der Waals surface area contributed by atoms with Crippen molar-refractivity contribution >= 4 is 0 Å². The van der Waals surface area contributed by atoms with Gasteiger partial charge in [-0.25, -0.2) is 0 Å². The smallest absolute Gasteiger partial charge is 0.0245 e. The van der Waals surface area contributed by atoms with E-state index in [4.69, 9.17) is 0 Å². The summed E-state index contributed by atoms with van der Waals surface area (Å²) in [6.07, 6.45) is 5.29. The zero-order valence-electron chi connectivity index (χ0n) is 9.58. The molecule has 2 heterocycles. The Labute approximate surface area is 96.8 Å². The molecule has 1 nitrogen and oxygen atoms in total. The summed E-state index contributed by atoms with van der Waals surface area (Å²) in [6, 6.07) is 9.09. The summed E-state index contributed by atoms with van der Waals surface area (Å²) in [5.41, 5.74) is 6.69. The number of fused-ring (bicyclic) bond motifs is 2. The van der Waals surface area contributed by atoms with Crippen LogP contribution in [0.15, 0.2) is 35.5 Å². The third-order valence-electron chi connectivity index (χ3n) is 4.53. The highest BCUT2D eigenvalue weighted by atomic mass is 15.2. The summed E-state index contributed by atoms with van der Waals surface area (Å²) < 4.78 is 0. The number of hydrogen-bond acceptors (Lipinski definition) is 1. The molecule has 0 amide bonds. The quantitative estimate of drug-likeness (QED) is 0.637. The van der Waals surface area contributed by atoms with Crippen molar-refractivity contribution in [3.8, 4) is 0 Å². The Balaban J connectivity index is 1.90. The van der Waals surface area contributed by atoms with Crippen molar-refractivity contribution in [1.29, 1.82) is 0 Å². The number of hydrogen-bond donors (Lipinski definition) is 0. The van der Waals surface area contributed by atoms with E-state index in [-0.39, 0.29) is 0 Å². The molecule has 4 rings (SSSR count). The molecule has 0 spiro atoms. The van der Waals surface area contributed by atoms with Crippen LogP contribution in [0.2, 0.25) is 0 Å². The lowest BCUT2D eigenvalue weighted by atomic mass is 9.92. The molecule has 1 aromatic carbocycles. The molecular formula is C15H17N. The van der Waals surface area contributed by atoms with Crippen LogP contribution in [0.25, 0.3) is 0 Å². The Morgan fingerprint density at radius 2 is 1.88 bits per heavy atom. The summed E-state index contributed by atoms with van der Waals surface area (Å²) in [5, 5.41) is 0. The molecule has 0 N–H and O–H groups in total. The minimum absolute atomic E-state index is 0.733. The molecule has 1 aliphatic carbocycles. The second kappa shape index (κ2) is 3.13. The normalized spacial score (nSPS) is 26.8. The zero-order valence-corrected chi connectivity index (χ0v) is 9.58. The van der Waals surface area contributed by atoms with Crippen molar-refractivity contribution < 1.29 is 0 Å². The predicted molar refractivity (Wildman–Crippen MR) is 65.3 cm³/mol. The van der Waals surface area contributed by atoms with Crippen LogP contribution in [0.3, 0.4) is 0 Å². The lowest BCUT2D eigenvalue weighted by Crippen LogP contribution is -2.22. The molecular weight excluding hydrogens is 194 g/mol. The number of rotatable bonds is 0. The van der Waals surface area contributed by atoms with E-state index in [0.29, 0.717) is 0 Å². The van der Waals surface area contributed by atoms with Gasteiger partial charge in [0.15, 0.2) is 0 Å². The van der Waals surface area contributed by atoms with Crippen molar-refractivity contribution in [2.45, 2.75) is 31.6 Å². The first-order chi connectivity index (χ1) is 7.93. The molecule has 0 radical (unpaired) electrons. The minimum atomic E-state index is 0.733. The van der Waals surface area contributed by atoms with Crippen molar-refractivity contribution in [3.63, 3.8) is 0 Å². The van der Waals surface area contributed by atoms with E-state index in [0.717, 1.165) is 5.92 Å². The Kier molecular flexibility index (Phi) is 1.73. The zero-order chi connectivity index (χ0) is 10.5. The summed E-state index contributed by atoms with van der Waals surface area (Å²) in [6.45, 7) is 2.53. The van der Waals surface area contributed by atoms with E-state index in [2.05, 4.69) is 29.2 Å². The van der Waals surface area contributed by atoms with Gasteiger partial charge in [0.1, 0.15) is 0 Å². The SMILES string of the molecule is c1ccc2c(c1)CCN1CCC3=C1C2CC3. The molecule has 1 aromatic rings. The average molecular weight is 211 g/mol. The third-order valence-corrected chi connectivity index (χ3v) is 4.53. The Bertz CT molecular complexity index is 472. The van der Waals surface area contributed by atoms with Crippen molar-refractivity contribution in [3.05, 3.63) is 46.7 Å². The minimum Gasteiger partial charge on any atom is -0.374 e. The van der Waals surface area contributed by atoms with Gasteiger partial charge in [0, 0.05) is 24.7 Å². The fourth-order valence-electron chi connectivity index (χ4n) is 3.81. The largest absolute Gasteiger partial charge is 0.374 e. The fourth-order valence-corrected chi connectivity index (χ4v) is 3.81. The van der Waals surface area contributed by atoms with Crippen molar-refractivity contribution in [2.24, 2.45) is 0 Å². The molecule has 1 atom stereocenters. The van der Waals surface area contributed by atoms with E-state index >= 15 is 0 Å². The molecule has 16 heavy (non-hydrogen) atoms. The summed E-state index contributed by atoms with van der Waals surface area (Å²) in [7, 11) is 0. The van der Waals surface area contributed by atoms with Crippen LogP contribution in [0.4, 0.5) is 0 Å². The van der Waals surface area contributed by atoms with Crippen LogP contribution in [0, 0.1) is 0 Å². The Hall–Kier alpha value is -1.24. The lowest BCUT2D eigenvalue weighted by Gasteiger charge is -2.23. The summed E-state index contributed by atoms with van der Waals surface area (Å²) in [4.78, 5) is 2.66. The van der Waals surface area contributed by atoms with Crippen LogP contribution in [0.1, 0.15) is 36.3 Å². The number of benzene rings is 1. The van der Waals surface area contributed by atoms with Crippen LogP contribution in [-0.2, 0) is 6.42 Å². The van der Waals surface area contributed by atoms with Crippen molar-refractivity contribution in [1.82, 2.24) is 4.90 Å². The van der Waals surface area contributed by atoms with Gasteiger partial charge in [-0.15, -0.1) is 0 Å². The van der Waals surface area contributed by atoms with Gasteiger partial charge in [0.2, 0.25) is 0 Å². The fraction of sp³-hybridized carbons (Fsp3) is 0.467. The van der Waals surface area contributed by atoms with Gasteiger partial charge in [-0.2, -0.15) is 0 Å². The average Bonchev–Trinajstić information content (AvgIpc) is 2.85. The number of nitrogens with zero attached hydrogens (tertiary/aromatic N) is 1. The van der Waals surface area contributed by atoms with E-state index in [1.54, 1.807) is 22.4 Å². The lowest BCUT2D eigenvalue weighted by molar-refractivity contribution is 0.364. The molecule has 0 aromatic heterocycles. The molecule has 0 fully saturated rings. The van der Waals surface area contributed by atoms with Gasteiger partial charge in [-0.1, -0.05) is 24.3 Å². The molecule has 1 heteroatoms. The monoisotopic (exact) mass is 211 g/mol. The van der Waals surface area contributed by atoms with Gasteiger partial charge < -0.3 is 4.90 Å². The highest BCUT2D eigenvalue weighted by Crippen LogP contribution is 2.48. The maximum absolute atomic E-state index is 2.66. The van der Waals surface area contributed by atoms with E-state index in [9.17, 15) is 0 Å². The van der Waals surface area contributed by atoms with E-state index in [1.165, 1.54) is 38.8 Å². The highest BCUT2D eigenvalue weighted by molar-refractivity contribution is 5.43. The molecule has 3 aliphatic rings. The first kappa shape index (κ1) is 8.86. The van der Waals surface area contributed by atoms with Crippen LogP contribution >= 0.6 is 0 Å². The highest BCUT2D eigenvalue weighted by Gasteiger charge is 2.36. The molecule has 0 saturated heterocycles. The predicted octanol–water partition coefficient (Wildman–Crippen LogP) is 3.08. The summed E-state index contributed by atoms with van der Waals surface area (Å²) in [5.74, 6) is 0.733. The molecule has 1 unspecified atom stereocenters. The first-order valence-electron chi connectivity index (χ1n) is 6.48. The van der Waals surface area contributed by atoms with Gasteiger partial charge >= 0.3 is 0 Å². The maximum atomic E-state index is 2.66. The van der Waals surface area contributed by atoms with Gasteiger partial charge in [0.25, 0.3) is 0 Å². The third kappa shape index (κ3) is 1.06. The number of allylic oxidation sites excluding steroid dienone is 1. The van der Waals surface area contributed by atoms with Gasteiger partial charge in [0.05, 0.1) is 0 Å². The first-order valence-corrected chi connectivity index (χ1v) is 6.48. The van der Waals surface area contributed by atoms with Crippen molar-refractivity contribution in [2.75, 3.05) is 13.1 Å². The second-order valence-corrected chi connectivity index (χ2v) is 5.27. The molecule has 82 valence electrons. The second-order valence-electron chi connectivity index (χ2n) is 5.27. The Morgan fingerprint density at radius 1 is 1.00 bits per heavy atom. The van der Waals surface area contributed by atoms with Crippen LogP contribution in [-0.4, -0.2) is 18.0 Å². The molecule has 0 bridgehead atoms. The summed E-state index contributed by atoms with van der Waals surface area (Å²) >= 11 is 0. The van der Waals surface area contributed by atoms with Crippen LogP contribution in [0.5, 0.6) is 0 Å². The standard InChI is InChI=1S/C15H17N/c1-2-4-13-11(3-1)7-9-16-10-8-12-5-6-14(13)15(12)16/h1-4,14H,5-10H2. The topological polar surface area (TPSA) is 3.24 Å². The molecule has 0 saturated carbocycles. The van der Waals surface area contributed by atoms with E-state index < -0.39 is 0 Å². The van der Waals surface area contributed by atoms with Crippen LogP contribution < -0.4 is 0 Å². The Morgan fingerprint density at radius 3 is 2.88 bits per heavy atom. The van der Waals surface area contributed by atoms with Gasteiger partial charge in [-0.05, 0) is 42.4 Å². The van der Waals surface area contributed by atoms with E-state index in [1.807, 2.05) is 0 Å².